The first-order chi connectivity index (χ1) is 14.8. The quantitative estimate of drug-likeness (QED) is 0.308. The standard InChI is InChI=1S/C23H28Cl2N2O4/c1-3-23(4-2,21(30)26-19(13-24)15-5-9-17(28)10-6-15)22(31)27-20(14-25)16-7-11-18(29)12-8-16/h5-12,19-20,28-29H,3-4,13-14H2,1-2H3,(H,26,30)(H,27,31)/t19-,20-/m0/s1. The molecule has 0 bridgehead atoms. The molecule has 0 aliphatic rings. The van der Waals surface area contributed by atoms with Crippen molar-refractivity contribution in [1.82, 2.24) is 10.6 Å². The van der Waals surface area contributed by atoms with Gasteiger partial charge in [0.15, 0.2) is 0 Å². The number of hydrogen-bond acceptors (Lipinski definition) is 4. The summed E-state index contributed by atoms with van der Waals surface area (Å²) in [6, 6.07) is 11.8. The molecule has 2 rings (SSSR count). The molecule has 2 aromatic carbocycles. The molecule has 0 radical (unpaired) electrons. The van der Waals surface area contributed by atoms with Crippen LogP contribution in [-0.2, 0) is 9.59 Å². The molecule has 168 valence electrons. The number of phenols is 2. The van der Waals surface area contributed by atoms with Gasteiger partial charge in [-0.3, -0.25) is 9.59 Å². The Labute approximate surface area is 192 Å². The highest BCUT2D eigenvalue weighted by atomic mass is 35.5. The van der Waals surface area contributed by atoms with E-state index in [1.165, 1.54) is 24.3 Å². The summed E-state index contributed by atoms with van der Waals surface area (Å²) < 4.78 is 0. The Kier molecular flexibility index (Phi) is 9.01. The predicted molar refractivity (Wildman–Crippen MR) is 122 cm³/mol. The molecule has 0 aliphatic carbocycles. The summed E-state index contributed by atoms with van der Waals surface area (Å²) in [6.07, 6.45) is 0.576. The number of aromatic hydroxyl groups is 2. The Balaban J connectivity index is 2.23. The zero-order chi connectivity index (χ0) is 23.0. The van der Waals surface area contributed by atoms with E-state index in [0.29, 0.717) is 0 Å². The number of amides is 2. The molecule has 2 amide bonds. The highest BCUT2D eigenvalue weighted by Gasteiger charge is 2.44. The molecule has 2 atom stereocenters. The van der Waals surface area contributed by atoms with Crippen LogP contribution < -0.4 is 10.6 Å². The van der Waals surface area contributed by atoms with E-state index in [2.05, 4.69) is 10.6 Å². The van der Waals surface area contributed by atoms with Gasteiger partial charge in [-0.2, -0.15) is 0 Å². The summed E-state index contributed by atoms with van der Waals surface area (Å²) in [6.45, 7) is 3.57. The van der Waals surface area contributed by atoms with Gasteiger partial charge < -0.3 is 20.8 Å². The molecular weight excluding hydrogens is 439 g/mol. The SMILES string of the molecule is CCC(CC)(C(=O)N[C@@H](CCl)c1ccc(O)cc1)C(=O)N[C@@H](CCl)c1ccc(O)cc1. The Morgan fingerprint density at radius 3 is 1.35 bits per heavy atom. The number of nitrogens with one attached hydrogen (secondary N) is 2. The van der Waals surface area contributed by atoms with Crippen LogP contribution in [0, 0.1) is 5.41 Å². The summed E-state index contributed by atoms with van der Waals surface area (Å²) in [5, 5.41) is 24.7. The van der Waals surface area contributed by atoms with E-state index in [-0.39, 0.29) is 36.1 Å². The summed E-state index contributed by atoms with van der Waals surface area (Å²) in [5.41, 5.74) is 0.151. The largest absolute Gasteiger partial charge is 0.508 e. The lowest BCUT2D eigenvalue weighted by molar-refractivity contribution is -0.145. The van der Waals surface area contributed by atoms with E-state index >= 15 is 0 Å². The fourth-order valence-electron chi connectivity index (χ4n) is 3.42. The van der Waals surface area contributed by atoms with Gasteiger partial charge in [-0.1, -0.05) is 38.1 Å². The Morgan fingerprint density at radius 2 is 1.10 bits per heavy atom. The maximum absolute atomic E-state index is 13.3. The minimum Gasteiger partial charge on any atom is -0.508 e. The molecule has 0 fully saturated rings. The van der Waals surface area contributed by atoms with E-state index < -0.39 is 29.3 Å². The van der Waals surface area contributed by atoms with Gasteiger partial charge in [0.25, 0.3) is 0 Å². The lowest BCUT2D eigenvalue weighted by Gasteiger charge is -2.32. The Hall–Kier alpha value is -2.44. The van der Waals surface area contributed by atoms with Crippen molar-refractivity contribution in [2.75, 3.05) is 11.8 Å². The monoisotopic (exact) mass is 466 g/mol. The van der Waals surface area contributed by atoms with E-state index in [1.807, 2.05) is 0 Å². The first-order valence-electron chi connectivity index (χ1n) is 10.1. The fourth-order valence-corrected chi connectivity index (χ4v) is 3.93. The van der Waals surface area contributed by atoms with Gasteiger partial charge in [-0.25, -0.2) is 0 Å². The third kappa shape index (κ3) is 5.83. The normalized spacial score (nSPS) is 13.3. The van der Waals surface area contributed by atoms with E-state index in [4.69, 9.17) is 23.2 Å². The molecule has 0 unspecified atom stereocenters. The minimum absolute atomic E-state index is 0.111. The van der Waals surface area contributed by atoms with Crippen LogP contribution in [0.1, 0.15) is 49.9 Å². The molecular formula is C23H28Cl2N2O4. The van der Waals surface area contributed by atoms with Gasteiger partial charge in [0.05, 0.1) is 12.1 Å². The molecule has 8 heteroatoms. The van der Waals surface area contributed by atoms with E-state index in [1.54, 1.807) is 38.1 Å². The van der Waals surface area contributed by atoms with Crippen molar-refractivity contribution >= 4 is 35.0 Å². The van der Waals surface area contributed by atoms with Crippen molar-refractivity contribution in [2.24, 2.45) is 5.41 Å². The van der Waals surface area contributed by atoms with Crippen LogP contribution >= 0.6 is 23.2 Å². The van der Waals surface area contributed by atoms with Gasteiger partial charge >= 0.3 is 0 Å². The zero-order valence-electron chi connectivity index (χ0n) is 17.6. The second-order valence-electron chi connectivity index (χ2n) is 7.33. The first-order valence-corrected chi connectivity index (χ1v) is 11.2. The number of carbonyl (C=O) groups excluding carboxylic acids is 2. The van der Waals surface area contributed by atoms with E-state index in [0.717, 1.165) is 11.1 Å². The second-order valence-corrected chi connectivity index (χ2v) is 7.95. The van der Waals surface area contributed by atoms with Gasteiger partial charge in [0.2, 0.25) is 11.8 Å². The molecule has 4 N–H and O–H groups in total. The molecule has 0 heterocycles. The van der Waals surface area contributed by atoms with Crippen molar-refractivity contribution in [1.29, 1.82) is 0 Å². The van der Waals surface area contributed by atoms with Crippen molar-refractivity contribution < 1.29 is 19.8 Å². The maximum atomic E-state index is 13.3. The summed E-state index contributed by atoms with van der Waals surface area (Å²) >= 11 is 12.2. The second kappa shape index (κ2) is 11.3. The van der Waals surface area contributed by atoms with Crippen LogP contribution in [0.4, 0.5) is 0 Å². The van der Waals surface area contributed by atoms with Crippen LogP contribution in [0.15, 0.2) is 48.5 Å². The molecule has 2 aromatic rings. The van der Waals surface area contributed by atoms with Crippen molar-refractivity contribution in [3.05, 3.63) is 59.7 Å². The maximum Gasteiger partial charge on any atom is 0.236 e. The zero-order valence-corrected chi connectivity index (χ0v) is 19.1. The number of rotatable bonds is 10. The van der Waals surface area contributed by atoms with Gasteiger partial charge in [0, 0.05) is 11.8 Å². The number of hydrogen-bond donors (Lipinski definition) is 4. The fraction of sp³-hybridized carbons (Fsp3) is 0.391. The summed E-state index contributed by atoms with van der Waals surface area (Å²) in [4.78, 5) is 26.6. The van der Waals surface area contributed by atoms with Gasteiger partial charge in [-0.15, -0.1) is 23.2 Å². The number of carbonyl (C=O) groups is 2. The minimum atomic E-state index is -1.30. The molecule has 6 nitrogen and oxygen atoms in total. The Morgan fingerprint density at radius 1 is 0.774 bits per heavy atom. The van der Waals surface area contributed by atoms with Crippen molar-refractivity contribution in [3.63, 3.8) is 0 Å². The van der Waals surface area contributed by atoms with Crippen LogP contribution in [-0.4, -0.2) is 33.8 Å². The summed E-state index contributed by atoms with van der Waals surface area (Å²) in [5.74, 6) is -0.402. The molecule has 0 saturated carbocycles. The average Bonchev–Trinajstić information content (AvgIpc) is 2.78. The highest BCUT2D eigenvalue weighted by molar-refractivity contribution is 6.19. The highest BCUT2D eigenvalue weighted by Crippen LogP contribution is 2.31. The molecule has 0 saturated heterocycles. The molecule has 31 heavy (non-hydrogen) atoms. The number of phenolic OH excluding ortho intramolecular Hbond substituents is 2. The lowest BCUT2D eigenvalue weighted by Crippen LogP contribution is -2.52. The number of alkyl halides is 2. The van der Waals surface area contributed by atoms with Crippen LogP contribution in [0.2, 0.25) is 0 Å². The van der Waals surface area contributed by atoms with Crippen LogP contribution in [0.25, 0.3) is 0 Å². The lowest BCUT2D eigenvalue weighted by atomic mass is 9.79. The van der Waals surface area contributed by atoms with Gasteiger partial charge in [0.1, 0.15) is 16.9 Å². The molecule has 0 spiro atoms. The summed E-state index contributed by atoms with van der Waals surface area (Å²) in [7, 11) is 0. The molecule has 0 aliphatic heterocycles. The predicted octanol–water partition coefficient (Wildman–Crippen LogP) is 4.40. The third-order valence-corrected chi connectivity index (χ3v) is 6.20. The van der Waals surface area contributed by atoms with Crippen molar-refractivity contribution in [2.45, 2.75) is 38.8 Å². The Bertz CT molecular complexity index is 799. The third-order valence-electron chi connectivity index (χ3n) is 5.59. The number of benzene rings is 2. The molecule has 0 aromatic heterocycles. The average molecular weight is 467 g/mol. The van der Waals surface area contributed by atoms with E-state index in [9.17, 15) is 19.8 Å². The smallest absolute Gasteiger partial charge is 0.236 e. The van der Waals surface area contributed by atoms with Crippen LogP contribution in [0.5, 0.6) is 11.5 Å². The topological polar surface area (TPSA) is 98.7 Å². The van der Waals surface area contributed by atoms with Crippen molar-refractivity contribution in [3.8, 4) is 11.5 Å². The first kappa shape index (κ1) is 24.8. The number of halogens is 2. The van der Waals surface area contributed by atoms with Crippen LogP contribution in [0.3, 0.4) is 0 Å². The van der Waals surface area contributed by atoms with Gasteiger partial charge in [-0.05, 0) is 48.2 Å².